The van der Waals surface area contributed by atoms with Crippen molar-refractivity contribution < 1.29 is 4.74 Å². The van der Waals surface area contributed by atoms with E-state index in [1.807, 2.05) is 24.3 Å². The smallest absolute Gasteiger partial charge is 0.104 e. The van der Waals surface area contributed by atoms with Crippen LogP contribution < -0.4 is 5.73 Å². The number of unbranched alkanes of at least 4 members (excludes halogenated alkanes) is 3. The number of nitrogens with two attached hydrogens (primary N) is 1. The lowest BCUT2D eigenvalue weighted by Crippen LogP contribution is -2.14. The van der Waals surface area contributed by atoms with E-state index in [0.717, 1.165) is 17.5 Å². The molecule has 0 radical (unpaired) electrons. The van der Waals surface area contributed by atoms with Crippen LogP contribution in [0.25, 0.3) is 0 Å². The van der Waals surface area contributed by atoms with Crippen LogP contribution in [0.5, 0.6) is 0 Å². The second-order valence-electron chi connectivity index (χ2n) is 4.99. The molecule has 2 nitrogen and oxygen atoms in total. The SMILES string of the molecule is CCCCCCC(C)OCc1ccccc1C(N)=S. The molecule has 0 amide bonds. The van der Waals surface area contributed by atoms with Crippen molar-refractivity contribution in [3.63, 3.8) is 0 Å². The fourth-order valence-corrected chi connectivity index (χ4v) is 2.26. The average molecular weight is 279 g/mol. The number of hydrogen-bond acceptors (Lipinski definition) is 2. The zero-order chi connectivity index (χ0) is 14.1. The van der Waals surface area contributed by atoms with Crippen molar-refractivity contribution >= 4 is 17.2 Å². The Hall–Kier alpha value is -0.930. The van der Waals surface area contributed by atoms with Crippen molar-refractivity contribution in [1.29, 1.82) is 0 Å². The van der Waals surface area contributed by atoms with Crippen LogP contribution in [0.2, 0.25) is 0 Å². The maximum absolute atomic E-state index is 5.88. The monoisotopic (exact) mass is 279 g/mol. The third-order valence-corrected chi connectivity index (χ3v) is 3.49. The first-order valence-corrected chi connectivity index (χ1v) is 7.55. The highest BCUT2D eigenvalue weighted by Gasteiger charge is 2.07. The molecule has 0 fully saturated rings. The van der Waals surface area contributed by atoms with Crippen LogP contribution in [0.15, 0.2) is 24.3 Å². The summed E-state index contributed by atoms with van der Waals surface area (Å²) >= 11 is 5.05. The first kappa shape index (κ1) is 16.1. The van der Waals surface area contributed by atoms with Crippen LogP contribution in [-0.2, 0) is 11.3 Å². The number of ether oxygens (including phenoxy) is 1. The number of rotatable bonds is 9. The van der Waals surface area contributed by atoms with Gasteiger partial charge in [0, 0.05) is 5.56 Å². The minimum absolute atomic E-state index is 0.288. The molecular weight excluding hydrogens is 254 g/mol. The maximum Gasteiger partial charge on any atom is 0.104 e. The third kappa shape index (κ3) is 6.17. The molecule has 1 atom stereocenters. The fourth-order valence-electron chi connectivity index (χ4n) is 2.06. The summed E-state index contributed by atoms with van der Waals surface area (Å²) in [6.45, 7) is 4.95. The summed E-state index contributed by atoms with van der Waals surface area (Å²) in [5.74, 6) is 0. The summed E-state index contributed by atoms with van der Waals surface area (Å²) in [4.78, 5) is 0.440. The highest BCUT2D eigenvalue weighted by Crippen LogP contribution is 2.13. The number of hydrogen-bond donors (Lipinski definition) is 1. The van der Waals surface area contributed by atoms with E-state index in [1.165, 1.54) is 25.7 Å². The molecule has 0 aromatic heterocycles. The summed E-state index contributed by atoms with van der Waals surface area (Å²) in [6.07, 6.45) is 6.54. The molecule has 0 saturated carbocycles. The second kappa shape index (κ2) is 9.05. The molecule has 0 aliphatic carbocycles. The van der Waals surface area contributed by atoms with Gasteiger partial charge in [-0.25, -0.2) is 0 Å². The van der Waals surface area contributed by atoms with Gasteiger partial charge in [0.1, 0.15) is 4.99 Å². The molecule has 106 valence electrons. The first-order chi connectivity index (χ1) is 9.15. The lowest BCUT2D eigenvalue weighted by Gasteiger charge is -2.14. The summed E-state index contributed by atoms with van der Waals surface area (Å²) in [6, 6.07) is 7.92. The van der Waals surface area contributed by atoms with Gasteiger partial charge >= 0.3 is 0 Å². The van der Waals surface area contributed by atoms with Crippen molar-refractivity contribution in [2.24, 2.45) is 5.73 Å². The van der Waals surface area contributed by atoms with Crippen LogP contribution in [0.1, 0.15) is 57.1 Å². The Kier molecular flexibility index (Phi) is 7.68. The van der Waals surface area contributed by atoms with E-state index in [4.69, 9.17) is 22.7 Å². The number of benzene rings is 1. The lowest BCUT2D eigenvalue weighted by atomic mass is 10.1. The molecule has 0 aliphatic heterocycles. The van der Waals surface area contributed by atoms with Crippen molar-refractivity contribution in [2.45, 2.75) is 58.7 Å². The Bertz CT molecular complexity index is 392. The van der Waals surface area contributed by atoms with E-state index < -0.39 is 0 Å². The van der Waals surface area contributed by atoms with Gasteiger partial charge in [0.15, 0.2) is 0 Å². The molecular formula is C16H25NOS. The van der Waals surface area contributed by atoms with E-state index in [2.05, 4.69) is 13.8 Å². The molecule has 0 bridgehead atoms. The van der Waals surface area contributed by atoms with Crippen LogP contribution >= 0.6 is 12.2 Å². The van der Waals surface area contributed by atoms with Crippen molar-refractivity contribution in [1.82, 2.24) is 0 Å². The molecule has 1 unspecified atom stereocenters. The van der Waals surface area contributed by atoms with Crippen LogP contribution in [-0.4, -0.2) is 11.1 Å². The Labute approximate surface area is 122 Å². The molecule has 1 aromatic carbocycles. The zero-order valence-electron chi connectivity index (χ0n) is 12.0. The van der Waals surface area contributed by atoms with Crippen LogP contribution in [0, 0.1) is 0 Å². The van der Waals surface area contributed by atoms with Gasteiger partial charge in [-0.15, -0.1) is 0 Å². The van der Waals surface area contributed by atoms with Gasteiger partial charge in [-0.2, -0.15) is 0 Å². The van der Waals surface area contributed by atoms with Crippen molar-refractivity contribution in [3.8, 4) is 0 Å². The Morgan fingerprint density at radius 3 is 2.68 bits per heavy atom. The van der Waals surface area contributed by atoms with Gasteiger partial charge in [0.25, 0.3) is 0 Å². The molecule has 1 rings (SSSR count). The molecule has 1 aromatic rings. The highest BCUT2D eigenvalue weighted by molar-refractivity contribution is 7.80. The van der Waals surface area contributed by atoms with Crippen molar-refractivity contribution in [2.75, 3.05) is 0 Å². The summed E-state index contributed by atoms with van der Waals surface area (Å²) in [5.41, 5.74) is 7.72. The first-order valence-electron chi connectivity index (χ1n) is 7.14. The van der Waals surface area contributed by atoms with Crippen molar-refractivity contribution in [3.05, 3.63) is 35.4 Å². The predicted molar refractivity (Wildman–Crippen MR) is 85.3 cm³/mol. The summed E-state index contributed by atoms with van der Waals surface area (Å²) < 4.78 is 5.88. The normalized spacial score (nSPS) is 12.3. The fraction of sp³-hybridized carbons (Fsp3) is 0.562. The van der Waals surface area contributed by atoms with E-state index in [-0.39, 0.29) is 6.10 Å². The summed E-state index contributed by atoms with van der Waals surface area (Å²) in [7, 11) is 0. The van der Waals surface area contributed by atoms with Crippen LogP contribution in [0.4, 0.5) is 0 Å². The maximum atomic E-state index is 5.88. The predicted octanol–water partition coefficient (Wildman–Crippen LogP) is 4.20. The topological polar surface area (TPSA) is 35.2 Å². The lowest BCUT2D eigenvalue weighted by molar-refractivity contribution is 0.0458. The van der Waals surface area contributed by atoms with E-state index in [0.29, 0.717) is 11.6 Å². The average Bonchev–Trinajstić information content (AvgIpc) is 2.41. The zero-order valence-corrected chi connectivity index (χ0v) is 12.8. The quantitative estimate of drug-likeness (QED) is 0.543. The molecule has 0 saturated heterocycles. The van der Waals surface area contributed by atoms with E-state index in [9.17, 15) is 0 Å². The Balaban J connectivity index is 2.37. The van der Waals surface area contributed by atoms with Gasteiger partial charge in [-0.3, -0.25) is 0 Å². The van der Waals surface area contributed by atoms with Gasteiger partial charge in [0.2, 0.25) is 0 Å². The van der Waals surface area contributed by atoms with Gasteiger partial charge < -0.3 is 10.5 Å². The van der Waals surface area contributed by atoms with Gasteiger partial charge in [0.05, 0.1) is 12.7 Å². The van der Waals surface area contributed by atoms with Crippen LogP contribution in [0.3, 0.4) is 0 Å². The molecule has 2 N–H and O–H groups in total. The summed E-state index contributed by atoms with van der Waals surface area (Å²) in [5, 5.41) is 0. The largest absolute Gasteiger partial charge is 0.389 e. The molecule has 0 spiro atoms. The minimum atomic E-state index is 0.288. The highest BCUT2D eigenvalue weighted by atomic mass is 32.1. The Morgan fingerprint density at radius 1 is 1.26 bits per heavy atom. The standard InChI is InChI=1S/C16H25NOS/c1-3-4-5-6-9-13(2)18-12-14-10-7-8-11-15(14)16(17)19/h7-8,10-11,13H,3-6,9,12H2,1-2H3,(H2,17,19). The molecule has 0 aliphatic rings. The van der Waals surface area contributed by atoms with Gasteiger partial charge in [-0.05, 0) is 18.9 Å². The number of thiocarbonyl (C=S) groups is 1. The third-order valence-electron chi connectivity index (χ3n) is 3.27. The molecule has 19 heavy (non-hydrogen) atoms. The second-order valence-corrected chi connectivity index (χ2v) is 5.43. The van der Waals surface area contributed by atoms with E-state index >= 15 is 0 Å². The molecule has 3 heteroatoms. The van der Waals surface area contributed by atoms with Gasteiger partial charge in [-0.1, -0.05) is 69.1 Å². The molecule has 0 heterocycles. The van der Waals surface area contributed by atoms with E-state index in [1.54, 1.807) is 0 Å². The minimum Gasteiger partial charge on any atom is -0.389 e. The Morgan fingerprint density at radius 2 is 2.00 bits per heavy atom.